The number of aliphatic hydroxyl groups is 2. The SMILES string of the molecule is Cn1c(O)cn(-c2cccc(CCCCOCCCCCCNC[C@H](O)c3ccc(O)c(CO)c3)c2)c1=O. The second-order valence-electron chi connectivity index (χ2n) is 9.62. The van der Waals surface area contributed by atoms with E-state index in [2.05, 4.69) is 5.32 Å². The van der Waals surface area contributed by atoms with Crippen molar-refractivity contribution < 1.29 is 25.2 Å². The Balaban J connectivity index is 1.18. The monoisotopic (exact) mass is 527 g/mol. The van der Waals surface area contributed by atoms with E-state index in [1.165, 1.54) is 21.4 Å². The summed E-state index contributed by atoms with van der Waals surface area (Å²) in [5.74, 6) is -0.0252. The largest absolute Gasteiger partial charge is 0.508 e. The number of hydrogen-bond acceptors (Lipinski definition) is 7. The van der Waals surface area contributed by atoms with Crippen LogP contribution in [-0.2, 0) is 24.8 Å². The topological polar surface area (TPSA) is 129 Å². The van der Waals surface area contributed by atoms with E-state index in [9.17, 15) is 25.2 Å². The average Bonchev–Trinajstić information content (AvgIpc) is 3.18. The van der Waals surface area contributed by atoms with Crippen LogP contribution < -0.4 is 11.0 Å². The Labute approximate surface area is 224 Å². The summed E-state index contributed by atoms with van der Waals surface area (Å²) in [6.07, 6.45) is 7.89. The molecule has 0 aliphatic rings. The highest BCUT2D eigenvalue weighted by atomic mass is 16.5. The van der Waals surface area contributed by atoms with Crippen LogP contribution in [0.4, 0.5) is 0 Å². The summed E-state index contributed by atoms with van der Waals surface area (Å²) in [7, 11) is 1.54. The van der Waals surface area contributed by atoms with Crippen LogP contribution in [0.25, 0.3) is 5.69 Å². The van der Waals surface area contributed by atoms with Crippen molar-refractivity contribution in [2.24, 2.45) is 7.05 Å². The van der Waals surface area contributed by atoms with Crippen LogP contribution in [-0.4, -0.2) is 55.9 Å². The van der Waals surface area contributed by atoms with Crippen molar-refractivity contribution in [3.63, 3.8) is 0 Å². The molecule has 1 aromatic heterocycles. The van der Waals surface area contributed by atoms with E-state index < -0.39 is 6.10 Å². The number of imidazole rings is 1. The van der Waals surface area contributed by atoms with Crippen molar-refractivity contribution in [3.05, 3.63) is 75.8 Å². The van der Waals surface area contributed by atoms with Gasteiger partial charge in [0.25, 0.3) is 0 Å². The van der Waals surface area contributed by atoms with Crippen molar-refractivity contribution in [3.8, 4) is 17.3 Å². The minimum absolute atomic E-state index is 0.0354. The fourth-order valence-electron chi connectivity index (χ4n) is 4.30. The molecule has 3 rings (SSSR count). The van der Waals surface area contributed by atoms with Gasteiger partial charge in [-0.2, -0.15) is 0 Å². The van der Waals surface area contributed by atoms with Crippen LogP contribution in [0.15, 0.2) is 53.5 Å². The number of hydrogen-bond donors (Lipinski definition) is 5. The van der Waals surface area contributed by atoms with Gasteiger partial charge >= 0.3 is 5.69 Å². The lowest BCUT2D eigenvalue weighted by Gasteiger charge is -2.14. The summed E-state index contributed by atoms with van der Waals surface area (Å²) in [5, 5.41) is 42.1. The third-order valence-corrected chi connectivity index (χ3v) is 6.66. The number of aliphatic hydroxyl groups excluding tert-OH is 2. The lowest BCUT2D eigenvalue weighted by Crippen LogP contribution is -2.22. The summed E-state index contributed by atoms with van der Waals surface area (Å²) in [6, 6.07) is 12.6. The minimum Gasteiger partial charge on any atom is -0.508 e. The Morgan fingerprint density at radius 3 is 2.47 bits per heavy atom. The van der Waals surface area contributed by atoms with Crippen molar-refractivity contribution in [1.82, 2.24) is 14.5 Å². The molecule has 0 saturated heterocycles. The zero-order chi connectivity index (χ0) is 27.3. The predicted octanol–water partition coefficient (Wildman–Crippen LogP) is 3.30. The van der Waals surface area contributed by atoms with Gasteiger partial charge in [-0.25, -0.2) is 4.79 Å². The van der Waals surface area contributed by atoms with Crippen LogP contribution in [0.1, 0.15) is 61.3 Å². The number of rotatable bonds is 17. The first-order valence-electron chi connectivity index (χ1n) is 13.4. The highest BCUT2D eigenvalue weighted by Crippen LogP contribution is 2.22. The lowest BCUT2D eigenvalue weighted by molar-refractivity contribution is 0.126. The quantitative estimate of drug-likeness (QED) is 0.170. The second-order valence-corrected chi connectivity index (χ2v) is 9.62. The van der Waals surface area contributed by atoms with E-state index in [0.29, 0.717) is 17.7 Å². The molecule has 1 atom stereocenters. The van der Waals surface area contributed by atoms with E-state index in [1.807, 2.05) is 24.3 Å². The molecular weight excluding hydrogens is 486 g/mol. The normalized spacial score (nSPS) is 12.2. The van der Waals surface area contributed by atoms with Gasteiger partial charge in [0.15, 0.2) is 0 Å². The Morgan fingerprint density at radius 1 is 0.974 bits per heavy atom. The van der Waals surface area contributed by atoms with E-state index >= 15 is 0 Å². The van der Waals surface area contributed by atoms with Crippen molar-refractivity contribution in [1.29, 1.82) is 0 Å². The maximum Gasteiger partial charge on any atom is 0.335 e. The second kappa shape index (κ2) is 15.3. The molecule has 38 heavy (non-hydrogen) atoms. The number of aryl methyl sites for hydroxylation is 1. The maximum absolute atomic E-state index is 12.2. The van der Waals surface area contributed by atoms with E-state index in [1.54, 1.807) is 19.2 Å². The zero-order valence-corrected chi connectivity index (χ0v) is 22.2. The molecule has 0 aliphatic heterocycles. The molecule has 3 aromatic rings. The van der Waals surface area contributed by atoms with Gasteiger partial charge < -0.3 is 30.5 Å². The van der Waals surface area contributed by atoms with E-state index in [0.717, 1.165) is 76.0 Å². The number of aromatic hydroxyl groups is 2. The lowest BCUT2D eigenvalue weighted by atomic mass is 10.1. The van der Waals surface area contributed by atoms with Gasteiger partial charge in [0.05, 0.1) is 24.6 Å². The predicted molar refractivity (Wildman–Crippen MR) is 147 cm³/mol. The summed E-state index contributed by atoms with van der Waals surface area (Å²) < 4.78 is 8.43. The Hall–Kier alpha value is -3.11. The molecule has 0 bridgehead atoms. The molecule has 0 saturated carbocycles. The molecule has 9 nitrogen and oxygen atoms in total. The van der Waals surface area contributed by atoms with Gasteiger partial charge in [-0.1, -0.05) is 31.0 Å². The van der Waals surface area contributed by atoms with Crippen LogP contribution in [0.5, 0.6) is 11.6 Å². The number of aromatic nitrogens is 2. The third-order valence-electron chi connectivity index (χ3n) is 6.66. The first-order valence-corrected chi connectivity index (χ1v) is 13.4. The van der Waals surface area contributed by atoms with Gasteiger partial charge in [-0.3, -0.25) is 9.13 Å². The molecule has 0 radical (unpaired) electrons. The molecule has 0 amide bonds. The molecule has 9 heteroatoms. The summed E-state index contributed by atoms with van der Waals surface area (Å²) in [5.41, 5.74) is 2.72. The van der Waals surface area contributed by atoms with Gasteiger partial charge in [0, 0.05) is 32.4 Å². The molecule has 0 unspecified atom stereocenters. The maximum atomic E-state index is 12.2. The van der Waals surface area contributed by atoms with Crippen LogP contribution >= 0.6 is 0 Å². The first-order chi connectivity index (χ1) is 18.4. The zero-order valence-electron chi connectivity index (χ0n) is 22.2. The fourth-order valence-corrected chi connectivity index (χ4v) is 4.30. The average molecular weight is 528 g/mol. The highest BCUT2D eigenvalue weighted by Gasteiger charge is 2.10. The summed E-state index contributed by atoms with van der Waals surface area (Å²) >= 11 is 0. The Morgan fingerprint density at radius 2 is 1.74 bits per heavy atom. The molecule has 2 aromatic carbocycles. The number of benzene rings is 2. The number of nitrogens with zero attached hydrogens (tertiary/aromatic N) is 2. The number of nitrogens with one attached hydrogen (secondary N) is 1. The summed E-state index contributed by atoms with van der Waals surface area (Å²) in [6.45, 7) is 2.49. The van der Waals surface area contributed by atoms with Gasteiger partial charge in [-0.15, -0.1) is 0 Å². The van der Waals surface area contributed by atoms with Crippen LogP contribution in [0, 0.1) is 0 Å². The Kier molecular flexibility index (Phi) is 11.9. The number of ether oxygens (including phenoxy) is 1. The van der Waals surface area contributed by atoms with Crippen molar-refractivity contribution in [2.75, 3.05) is 26.3 Å². The van der Waals surface area contributed by atoms with Gasteiger partial charge in [-0.05, 0) is 74.0 Å². The van der Waals surface area contributed by atoms with E-state index in [4.69, 9.17) is 4.74 Å². The molecule has 0 spiro atoms. The highest BCUT2D eigenvalue weighted by molar-refractivity contribution is 5.37. The molecule has 1 heterocycles. The number of phenols is 1. The fraction of sp³-hybridized carbons (Fsp3) is 0.483. The third kappa shape index (κ3) is 8.73. The molecule has 0 fully saturated rings. The van der Waals surface area contributed by atoms with Crippen LogP contribution in [0.3, 0.4) is 0 Å². The first kappa shape index (κ1) is 29.4. The summed E-state index contributed by atoms with van der Waals surface area (Å²) in [4.78, 5) is 12.2. The smallest absolute Gasteiger partial charge is 0.335 e. The number of unbranched alkanes of at least 4 members (excludes halogenated alkanes) is 4. The molecule has 5 N–H and O–H groups in total. The molecule has 208 valence electrons. The van der Waals surface area contributed by atoms with E-state index in [-0.39, 0.29) is 23.9 Å². The van der Waals surface area contributed by atoms with Crippen molar-refractivity contribution >= 4 is 0 Å². The Bertz CT molecular complexity index is 1190. The molecular formula is C29H41N3O6. The van der Waals surface area contributed by atoms with Crippen LogP contribution in [0.2, 0.25) is 0 Å². The molecule has 0 aliphatic carbocycles. The minimum atomic E-state index is -0.679. The van der Waals surface area contributed by atoms with Gasteiger partial charge in [0.2, 0.25) is 5.88 Å². The standard InChI is InChI=1S/C29H41N3O6/c1-31-28(36)20-32(29(31)37)25-11-8-10-22(17-25)9-4-7-16-38-15-6-3-2-5-14-30-19-27(35)23-12-13-26(34)24(18-23)21-33/h8,10-13,17-18,20,27,30,33-36H,2-7,9,14-16,19,21H2,1H3/t27-/m0/s1. The van der Waals surface area contributed by atoms with Gasteiger partial charge in [0.1, 0.15) is 5.75 Å². The van der Waals surface area contributed by atoms with Crippen molar-refractivity contribution in [2.45, 2.75) is 57.7 Å².